The van der Waals surface area contributed by atoms with Crippen molar-refractivity contribution in [1.29, 1.82) is 0 Å². The Morgan fingerprint density at radius 2 is 2.05 bits per heavy atom. The highest BCUT2D eigenvalue weighted by Crippen LogP contribution is 2.46. The minimum Gasteiger partial charge on any atom is -0.493 e. The van der Waals surface area contributed by atoms with Gasteiger partial charge in [0, 0.05) is 17.5 Å². The molecule has 21 heavy (non-hydrogen) atoms. The molecule has 1 aromatic carbocycles. The first-order chi connectivity index (χ1) is 9.87. The molecule has 2 heterocycles. The third-order valence-corrected chi connectivity index (χ3v) is 4.27. The molecule has 2 aliphatic rings. The fraction of sp³-hybridized carbons (Fsp3) is 0.588. The Hall–Kier alpha value is -1.55. The Kier molecular flexibility index (Phi) is 3.44. The number of carbonyl (C=O) groups excluding carboxylic acids is 1. The number of nitrogens with zero attached hydrogens (tertiary/aromatic N) is 1. The third-order valence-electron chi connectivity index (χ3n) is 4.27. The Labute approximate surface area is 126 Å². The van der Waals surface area contributed by atoms with Crippen molar-refractivity contribution in [2.75, 3.05) is 13.7 Å². The van der Waals surface area contributed by atoms with E-state index in [1.807, 2.05) is 46.0 Å². The van der Waals surface area contributed by atoms with Crippen molar-refractivity contribution in [2.45, 2.75) is 44.9 Å². The van der Waals surface area contributed by atoms with Gasteiger partial charge in [-0.2, -0.15) is 0 Å². The minimum atomic E-state index is -0.444. The van der Waals surface area contributed by atoms with Crippen molar-refractivity contribution >= 4 is 5.97 Å². The van der Waals surface area contributed by atoms with Gasteiger partial charge in [0.1, 0.15) is 17.4 Å². The van der Waals surface area contributed by atoms with Crippen molar-refractivity contribution in [3.05, 3.63) is 29.8 Å². The molecule has 2 aliphatic heterocycles. The minimum absolute atomic E-state index is 0.128. The number of rotatable bonds is 1. The molecule has 0 aromatic heterocycles. The van der Waals surface area contributed by atoms with Crippen LogP contribution >= 0.6 is 0 Å². The van der Waals surface area contributed by atoms with Crippen LogP contribution in [0.2, 0.25) is 0 Å². The molecule has 2 unspecified atom stereocenters. The SMILES string of the molecule is CN1C2c3ccccc3OCC2C[C@@H]1C(=O)OC(C)(C)C. The lowest BCUT2D eigenvalue weighted by Crippen LogP contribution is -2.39. The summed E-state index contributed by atoms with van der Waals surface area (Å²) in [7, 11) is 2.02. The molecule has 1 aromatic rings. The molecule has 1 fully saturated rings. The molecule has 0 radical (unpaired) electrons. The standard InChI is InChI=1S/C17H23NO3/c1-17(2,3)21-16(19)13-9-11-10-20-14-8-6-5-7-12(14)15(11)18(13)4/h5-8,11,13,15H,9-10H2,1-4H3/t11?,13-,15?/m1/s1. The summed E-state index contributed by atoms with van der Waals surface area (Å²) in [6, 6.07) is 8.17. The van der Waals surface area contributed by atoms with Gasteiger partial charge in [-0.05, 0) is 40.3 Å². The first-order valence-electron chi connectivity index (χ1n) is 7.53. The van der Waals surface area contributed by atoms with Crippen LogP contribution in [0.5, 0.6) is 5.75 Å². The molecule has 0 bridgehead atoms. The van der Waals surface area contributed by atoms with E-state index in [2.05, 4.69) is 11.0 Å². The highest BCUT2D eigenvalue weighted by atomic mass is 16.6. The fourth-order valence-electron chi connectivity index (χ4n) is 3.43. The first-order valence-corrected chi connectivity index (χ1v) is 7.53. The van der Waals surface area contributed by atoms with E-state index >= 15 is 0 Å². The molecule has 0 saturated carbocycles. The normalized spacial score (nSPS) is 28.5. The number of carbonyl (C=O) groups is 1. The maximum absolute atomic E-state index is 12.4. The van der Waals surface area contributed by atoms with Crippen LogP contribution in [0.15, 0.2) is 24.3 Å². The molecule has 114 valence electrons. The Balaban J connectivity index is 1.83. The second kappa shape index (κ2) is 5.02. The second-order valence-electron chi connectivity index (χ2n) is 7.00. The number of ether oxygens (including phenoxy) is 2. The zero-order valence-electron chi connectivity index (χ0n) is 13.1. The zero-order chi connectivity index (χ0) is 15.2. The predicted octanol–water partition coefficient (Wildman–Crippen LogP) is 2.78. The number of esters is 1. The lowest BCUT2D eigenvalue weighted by Gasteiger charge is -2.33. The topological polar surface area (TPSA) is 38.8 Å². The smallest absolute Gasteiger partial charge is 0.323 e. The summed E-state index contributed by atoms with van der Waals surface area (Å²) in [4.78, 5) is 14.6. The molecule has 3 atom stereocenters. The van der Waals surface area contributed by atoms with E-state index in [-0.39, 0.29) is 18.1 Å². The van der Waals surface area contributed by atoms with Gasteiger partial charge < -0.3 is 9.47 Å². The van der Waals surface area contributed by atoms with E-state index in [0.717, 1.165) is 12.2 Å². The zero-order valence-corrected chi connectivity index (χ0v) is 13.1. The van der Waals surface area contributed by atoms with E-state index in [4.69, 9.17) is 9.47 Å². The summed E-state index contributed by atoms with van der Waals surface area (Å²) in [5.74, 6) is 1.16. The molecule has 0 aliphatic carbocycles. The molecular weight excluding hydrogens is 266 g/mol. The molecule has 4 heteroatoms. The maximum atomic E-state index is 12.4. The number of fused-ring (bicyclic) bond motifs is 3. The van der Waals surface area contributed by atoms with E-state index < -0.39 is 5.60 Å². The number of benzene rings is 1. The van der Waals surface area contributed by atoms with Crippen LogP contribution in [-0.2, 0) is 9.53 Å². The summed E-state index contributed by atoms with van der Waals surface area (Å²) < 4.78 is 11.4. The molecule has 3 rings (SSSR count). The average Bonchev–Trinajstić information content (AvgIpc) is 2.75. The van der Waals surface area contributed by atoms with Gasteiger partial charge in [0.25, 0.3) is 0 Å². The number of hydrogen-bond donors (Lipinski definition) is 0. The fourth-order valence-corrected chi connectivity index (χ4v) is 3.43. The average molecular weight is 289 g/mol. The van der Waals surface area contributed by atoms with Gasteiger partial charge in [-0.15, -0.1) is 0 Å². The largest absolute Gasteiger partial charge is 0.493 e. The molecular formula is C17H23NO3. The van der Waals surface area contributed by atoms with Gasteiger partial charge in [-0.1, -0.05) is 18.2 Å². The van der Waals surface area contributed by atoms with E-state index in [9.17, 15) is 4.79 Å². The number of likely N-dealkylation sites (tertiary alicyclic amines) is 1. The number of likely N-dealkylation sites (N-methyl/N-ethyl adjacent to an activating group) is 1. The maximum Gasteiger partial charge on any atom is 0.323 e. The monoisotopic (exact) mass is 289 g/mol. The van der Waals surface area contributed by atoms with Crippen molar-refractivity contribution < 1.29 is 14.3 Å². The summed E-state index contributed by atoms with van der Waals surface area (Å²) in [5, 5.41) is 0. The van der Waals surface area contributed by atoms with Crippen molar-refractivity contribution in [2.24, 2.45) is 5.92 Å². The van der Waals surface area contributed by atoms with Gasteiger partial charge in [-0.25, -0.2) is 0 Å². The van der Waals surface area contributed by atoms with Gasteiger partial charge in [0.15, 0.2) is 0 Å². The quantitative estimate of drug-likeness (QED) is 0.745. The summed E-state index contributed by atoms with van der Waals surface area (Å²) in [5.41, 5.74) is 0.738. The third kappa shape index (κ3) is 2.64. The van der Waals surface area contributed by atoms with Gasteiger partial charge >= 0.3 is 5.97 Å². The van der Waals surface area contributed by atoms with Crippen LogP contribution in [-0.4, -0.2) is 36.2 Å². The van der Waals surface area contributed by atoms with Crippen LogP contribution < -0.4 is 4.74 Å². The molecule has 1 saturated heterocycles. The van der Waals surface area contributed by atoms with Crippen molar-refractivity contribution in [3.63, 3.8) is 0 Å². The molecule has 4 nitrogen and oxygen atoms in total. The molecule has 0 spiro atoms. The van der Waals surface area contributed by atoms with Crippen LogP contribution in [0.25, 0.3) is 0 Å². The molecule has 0 amide bonds. The Morgan fingerprint density at radius 3 is 2.76 bits per heavy atom. The van der Waals surface area contributed by atoms with Crippen LogP contribution in [0, 0.1) is 5.92 Å². The van der Waals surface area contributed by atoms with Crippen LogP contribution in [0.1, 0.15) is 38.8 Å². The number of para-hydroxylation sites is 1. The molecule has 0 N–H and O–H groups in total. The summed E-state index contributed by atoms with van der Waals surface area (Å²) in [6.45, 7) is 6.40. The predicted molar refractivity (Wildman–Crippen MR) is 80.2 cm³/mol. The Morgan fingerprint density at radius 1 is 1.33 bits per heavy atom. The highest BCUT2D eigenvalue weighted by molar-refractivity contribution is 5.77. The lowest BCUT2D eigenvalue weighted by atomic mass is 9.91. The van der Waals surface area contributed by atoms with E-state index in [1.165, 1.54) is 5.56 Å². The van der Waals surface area contributed by atoms with Gasteiger partial charge in [-0.3, -0.25) is 9.69 Å². The van der Waals surface area contributed by atoms with E-state index in [1.54, 1.807) is 0 Å². The van der Waals surface area contributed by atoms with Crippen LogP contribution in [0.3, 0.4) is 0 Å². The Bertz CT molecular complexity index is 549. The van der Waals surface area contributed by atoms with Gasteiger partial charge in [0.05, 0.1) is 6.61 Å². The van der Waals surface area contributed by atoms with Crippen molar-refractivity contribution in [1.82, 2.24) is 4.90 Å². The van der Waals surface area contributed by atoms with E-state index in [0.29, 0.717) is 12.5 Å². The highest BCUT2D eigenvalue weighted by Gasteiger charge is 2.47. The van der Waals surface area contributed by atoms with Crippen LogP contribution in [0.4, 0.5) is 0 Å². The summed E-state index contributed by atoms with van der Waals surface area (Å²) in [6.07, 6.45) is 0.796. The number of hydrogen-bond acceptors (Lipinski definition) is 4. The van der Waals surface area contributed by atoms with Crippen molar-refractivity contribution in [3.8, 4) is 5.75 Å². The van der Waals surface area contributed by atoms with Gasteiger partial charge in [0.2, 0.25) is 0 Å². The summed E-state index contributed by atoms with van der Waals surface area (Å²) >= 11 is 0. The second-order valence-corrected chi connectivity index (χ2v) is 7.00. The first kappa shape index (κ1) is 14.4. The lowest BCUT2D eigenvalue weighted by molar-refractivity contribution is -0.160.